The highest BCUT2D eigenvalue weighted by Crippen LogP contribution is 2.07. The van der Waals surface area contributed by atoms with Gasteiger partial charge < -0.3 is 5.32 Å². The molecule has 2 aromatic heterocycles. The minimum atomic E-state index is 0.682. The average molecular weight is 252 g/mol. The van der Waals surface area contributed by atoms with Crippen LogP contribution >= 0.6 is 0 Å². The van der Waals surface area contributed by atoms with Crippen molar-refractivity contribution in [3.05, 3.63) is 59.8 Å². The molecule has 4 nitrogen and oxygen atoms in total. The highest BCUT2D eigenvalue weighted by Gasteiger charge is 2.02. The van der Waals surface area contributed by atoms with E-state index in [9.17, 15) is 0 Å². The Labute approximate surface area is 112 Å². The van der Waals surface area contributed by atoms with E-state index in [1.54, 1.807) is 4.52 Å². The molecule has 96 valence electrons. The maximum Gasteiger partial charge on any atom is 0.243 e. The van der Waals surface area contributed by atoms with Crippen molar-refractivity contribution >= 4 is 11.6 Å². The van der Waals surface area contributed by atoms with Gasteiger partial charge in [0.15, 0.2) is 5.65 Å². The van der Waals surface area contributed by atoms with Crippen LogP contribution in [0.4, 0.5) is 5.95 Å². The van der Waals surface area contributed by atoms with Crippen LogP contribution in [0.1, 0.15) is 11.1 Å². The molecule has 0 spiro atoms. The van der Waals surface area contributed by atoms with E-state index in [4.69, 9.17) is 0 Å². The topological polar surface area (TPSA) is 42.2 Å². The SMILES string of the molecule is Cc1ccc2nc(NCCc3ccccc3)nn2c1. The Balaban J connectivity index is 1.65. The number of nitrogens with zero attached hydrogens (tertiary/aromatic N) is 3. The van der Waals surface area contributed by atoms with Crippen LogP contribution in [0.15, 0.2) is 48.7 Å². The largest absolute Gasteiger partial charge is 0.353 e. The van der Waals surface area contributed by atoms with E-state index in [0.29, 0.717) is 5.95 Å². The highest BCUT2D eigenvalue weighted by molar-refractivity contribution is 5.44. The third-order valence-corrected chi connectivity index (χ3v) is 3.02. The minimum absolute atomic E-state index is 0.682. The summed E-state index contributed by atoms with van der Waals surface area (Å²) in [4.78, 5) is 4.43. The molecule has 1 aromatic carbocycles. The lowest BCUT2D eigenvalue weighted by molar-refractivity contribution is 0.931. The highest BCUT2D eigenvalue weighted by atomic mass is 15.3. The third-order valence-electron chi connectivity index (χ3n) is 3.02. The zero-order chi connectivity index (χ0) is 13.1. The summed E-state index contributed by atoms with van der Waals surface area (Å²) in [6, 6.07) is 14.4. The van der Waals surface area contributed by atoms with Gasteiger partial charge in [0.1, 0.15) is 0 Å². The molecule has 0 radical (unpaired) electrons. The van der Waals surface area contributed by atoms with Gasteiger partial charge in [-0.25, -0.2) is 4.52 Å². The summed E-state index contributed by atoms with van der Waals surface area (Å²) in [5.74, 6) is 0.682. The second kappa shape index (κ2) is 5.10. The number of nitrogens with one attached hydrogen (secondary N) is 1. The van der Waals surface area contributed by atoms with E-state index >= 15 is 0 Å². The first kappa shape index (κ1) is 11.7. The van der Waals surface area contributed by atoms with Crippen molar-refractivity contribution in [2.45, 2.75) is 13.3 Å². The standard InChI is InChI=1S/C15H16N4/c1-12-7-8-14-17-15(18-19(14)11-12)16-10-9-13-5-3-2-4-6-13/h2-8,11H,9-10H2,1H3,(H,16,18). The fourth-order valence-corrected chi connectivity index (χ4v) is 2.02. The van der Waals surface area contributed by atoms with Gasteiger partial charge in [0.05, 0.1) is 0 Å². The molecule has 1 N–H and O–H groups in total. The predicted octanol–water partition coefficient (Wildman–Crippen LogP) is 2.69. The molecule has 3 rings (SSSR count). The maximum atomic E-state index is 4.43. The van der Waals surface area contributed by atoms with Gasteiger partial charge in [-0.05, 0) is 30.5 Å². The van der Waals surface area contributed by atoms with Gasteiger partial charge in [-0.3, -0.25) is 0 Å². The van der Waals surface area contributed by atoms with Crippen molar-refractivity contribution in [1.82, 2.24) is 14.6 Å². The number of hydrogen-bond acceptors (Lipinski definition) is 3. The normalized spacial score (nSPS) is 10.8. The molecule has 0 saturated heterocycles. The number of aromatic nitrogens is 3. The quantitative estimate of drug-likeness (QED) is 0.776. The van der Waals surface area contributed by atoms with E-state index in [1.165, 1.54) is 11.1 Å². The molecule has 0 atom stereocenters. The Bertz CT molecular complexity index is 673. The molecule has 0 fully saturated rings. The van der Waals surface area contributed by atoms with Crippen LogP contribution in [-0.2, 0) is 6.42 Å². The van der Waals surface area contributed by atoms with Crippen LogP contribution in [-0.4, -0.2) is 21.1 Å². The summed E-state index contributed by atoms with van der Waals surface area (Å²) < 4.78 is 1.81. The van der Waals surface area contributed by atoms with Crippen molar-refractivity contribution in [3.8, 4) is 0 Å². The number of pyridine rings is 1. The molecule has 0 amide bonds. The Hall–Kier alpha value is -2.36. The molecule has 0 saturated carbocycles. The summed E-state index contributed by atoms with van der Waals surface area (Å²) >= 11 is 0. The Morgan fingerprint density at radius 2 is 1.95 bits per heavy atom. The van der Waals surface area contributed by atoms with Crippen molar-refractivity contribution in [2.24, 2.45) is 0 Å². The van der Waals surface area contributed by atoms with Crippen molar-refractivity contribution < 1.29 is 0 Å². The lowest BCUT2D eigenvalue weighted by atomic mass is 10.1. The molecule has 2 heterocycles. The summed E-state index contributed by atoms with van der Waals surface area (Å²) in [5.41, 5.74) is 3.36. The molecular weight excluding hydrogens is 236 g/mol. The second-order valence-corrected chi connectivity index (χ2v) is 4.61. The molecule has 0 aliphatic rings. The number of hydrogen-bond donors (Lipinski definition) is 1. The number of aryl methyl sites for hydroxylation is 1. The van der Waals surface area contributed by atoms with E-state index in [0.717, 1.165) is 18.6 Å². The van der Waals surface area contributed by atoms with Gasteiger partial charge in [0.25, 0.3) is 0 Å². The van der Waals surface area contributed by atoms with Gasteiger partial charge in [-0.15, -0.1) is 5.10 Å². The molecular formula is C15H16N4. The zero-order valence-electron chi connectivity index (χ0n) is 10.9. The first-order valence-electron chi connectivity index (χ1n) is 6.42. The van der Waals surface area contributed by atoms with Gasteiger partial charge in [0.2, 0.25) is 5.95 Å². The van der Waals surface area contributed by atoms with Crippen molar-refractivity contribution in [3.63, 3.8) is 0 Å². The van der Waals surface area contributed by atoms with E-state index < -0.39 is 0 Å². The Morgan fingerprint density at radius 1 is 1.11 bits per heavy atom. The van der Waals surface area contributed by atoms with Gasteiger partial charge in [-0.1, -0.05) is 36.4 Å². The molecule has 3 aromatic rings. The van der Waals surface area contributed by atoms with Crippen LogP contribution in [0.2, 0.25) is 0 Å². The maximum absolute atomic E-state index is 4.43. The van der Waals surface area contributed by atoms with Crippen molar-refractivity contribution in [1.29, 1.82) is 0 Å². The first-order valence-corrected chi connectivity index (χ1v) is 6.42. The van der Waals surface area contributed by atoms with Crippen LogP contribution in [0.25, 0.3) is 5.65 Å². The number of benzene rings is 1. The molecule has 19 heavy (non-hydrogen) atoms. The fourth-order valence-electron chi connectivity index (χ4n) is 2.02. The number of rotatable bonds is 4. The van der Waals surface area contributed by atoms with Crippen molar-refractivity contribution in [2.75, 3.05) is 11.9 Å². The fraction of sp³-hybridized carbons (Fsp3) is 0.200. The molecule has 0 aliphatic carbocycles. The monoisotopic (exact) mass is 252 g/mol. The van der Waals surface area contributed by atoms with Gasteiger partial charge >= 0.3 is 0 Å². The Morgan fingerprint density at radius 3 is 2.79 bits per heavy atom. The minimum Gasteiger partial charge on any atom is -0.353 e. The summed E-state index contributed by atoms with van der Waals surface area (Å²) in [7, 11) is 0. The van der Waals surface area contributed by atoms with Crippen LogP contribution in [0.3, 0.4) is 0 Å². The molecule has 0 bridgehead atoms. The van der Waals surface area contributed by atoms with Crippen LogP contribution in [0.5, 0.6) is 0 Å². The van der Waals surface area contributed by atoms with E-state index in [-0.39, 0.29) is 0 Å². The zero-order valence-corrected chi connectivity index (χ0v) is 10.9. The number of anilines is 1. The molecule has 0 aliphatic heterocycles. The lowest BCUT2D eigenvalue weighted by Gasteiger charge is -2.01. The third kappa shape index (κ3) is 2.73. The van der Waals surface area contributed by atoms with Crippen LogP contribution in [0, 0.1) is 6.92 Å². The first-order chi connectivity index (χ1) is 9.31. The molecule has 0 unspecified atom stereocenters. The van der Waals surface area contributed by atoms with Gasteiger partial charge in [0, 0.05) is 12.7 Å². The van der Waals surface area contributed by atoms with Gasteiger partial charge in [-0.2, -0.15) is 4.98 Å². The molecule has 4 heteroatoms. The lowest BCUT2D eigenvalue weighted by Crippen LogP contribution is -2.06. The van der Waals surface area contributed by atoms with Crippen LogP contribution < -0.4 is 5.32 Å². The Kier molecular flexibility index (Phi) is 3.14. The smallest absolute Gasteiger partial charge is 0.243 e. The summed E-state index contributed by atoms with van der Waals surface area (Å²) in [6.45, 7) is 2.88. The summed E-state index contributed by atoms with van der Waals surface area (Å²) in [6.07, 6.45) is 2.94. The number of fused-ring (bicyclic) bond motifs is 1. The summed E-state index contributed by atoms with van der Waals surface area (Å²) in [5, 5.41) is 7.66. The van der Waals surface area contributed by atoms with E-state index in [1.807, 2.05) is 31.3 Å². The van der Waals surface area contributed by atoms with E-state index in [2.05, 4.69) is 39.7 Å². The second-order valence-electron chi connectivity index (χ2n) is 4.61. The average Bonchev–Trinajstić information content (AvgIpc) is 2.82. The predicted molar refractivity (Wildman–Crippen MR) is 76.4 cm³/mol.